The second kappa shape index (κ2) is 8.86. The molecule has 0 unspecified atom stereocenters. The Hall–Kier alpha value is -2.33. The summed E-state index contributed by atoms with van der Waals surface area (Å²) in [7, 11) is 0. The van der Waals surface area contributed by atoms with Gasteiger partial charge in [-0.05, 0) is 37.5 Å². The van der Waals surface area contributed by atoms with Crippen LogP contribution in [-0.2, 0) is 16.1 Å². The molecule has 5 heteroatoms. The second-order valence-electron chi connectivity index (χ2n) is 6.78. The van der Waals surface area contributed by atoms with Crippen molar-refractivity contribution in [2.24, 2.45) is 5.92 Å². The van der Waals surface area contributed by atoms with Gasteiger partial charge in [-0.1, -0.05) is 66.9 Å². The van der Waals surface area contributed by atoms with E-state index in [2.05, 4.69) is 11.4 Å². The fraction of sp³-hybridized carbons (Fsp3) is 0.333. The van der Waals surface area contributed by atoms with Gasteiger partial charge in [0, 0.05) is 0 Å². The van der Waals surface area contributed by atoms with Gasteiger partial charge in [0.25, 0.3) is 5.91 Å². The maximum Gasteiger partial charge on any atom is 0.329 e. The van der Waals surface area contributed by atoms with Crippen molar-refractivity contribution in [3.63, 3.8) is 0 Å². The van der Waals surface area contributed by atoms with Crippen LogP contribution in [0.5, 0.6) is 0 Å². The molecular formula is C21H24ClNO3. The summed E-state index contributed by atoms with van der Waals surface area (Å²) in [6, 6.07) is 12.0. The van der Waals surface area contributed by atoms with Crippen LogP contribution >= 0.6 is 11.6 Å². The SMILES string of the molecule is Cc1cc(C)cc(COC(=O)[C@@H](NC(=O)c2ccccc2Cl)C(C)C)c1. The number of ether oxygens (including phenoxy) is 1. The number of halogens is 1. The lowest BCUT2D eigenvalue weighted by Gasteiger charge is -2.21. The van der Waals surface area contributed by atoms with E-state index in [1.807, 2.05) is 39.8 Å². The molecule has 0 aliphatic heterocycles. The van der Waals surface area contributed by atoms with Crippen LogP contribution in [-0.4, -0.2) is 17.9 Å². The first-order chi connectivity index (χ1) is 12.3. The van der Waals surface area contributed by atoms with Gasteiger partial charge < -0.3 is 10.1 Å². The third-order valence-electron chi connectivity index (χ3n) is 3.99. The smallest absolute Gasteiger partial charge is 0.329 e. The summed E-state index contributed by atoms with van der Waals surface area (Å²) in [6.45, 7) is 7.88. The zero-order valence-electron chi connectivity index (χ0n) is 15.5. The first kappa shape index (κ1) is 20.0. The Kier molecular flexibility index (Phi) is 6.81. The third kappa shape index (κ3) is 5.33. The van der Waals surface area contributed by atoms with Crippen molar-refractivity contribution in [2.45, 2.75) is 40.3 Å². The highest BCUT2D eigenvalue weighted by atomic mass is 35.5. The zero-order chi connectivity index (χ0) is 19.3. The number of hydrogen-bond acceptors (Lipinski definition) is 3. The largest absolute Gasteiger partial charge is 0.459 e. The molecule has 2 aromatic rings. The normalized spacial score (nSPS) is 11.9. The molecule has 0 heterocycles. The van der Waals surface area contributed by atoms with Crippen LogP contribution in [0, 0.1) is 19.8 Å². The Morgan fingerprint density at radius 3 is 2.27 bits per heavy atom. The van der Waals surface area contributed by atoms with Crippen LogP contribution in [0.2, 0.25) is 5.02 Å². The van der Waals surface area contributed by atoms with Crippen molar-refractivity contribution >= 4 is 23.5 Å². The number of amides is 1. The van der Waals surface area contributed by atoms with Crippen molar-refractivity contribution < 1.29 is 14.3 Å². The summed E-state index contributed by atoms with van der Waals surface area (Å²) in [5, 5.41) is 3.08. The number of carbonyl (C=O) groups excluding carboxylic acids is 2. The summed E-state index contributed by atoms with van der Waals surface area (Å²) in [5.74, 6) is -0.967. The van der Waals surface area contributed by atoms with Gasteiger partial charge in [-0.15, -0.1) is 0 Å². The minimum Gasteiger partial charge on any atom is -0.459 e. The molecule has 2 aromatic carbocycles. The van der Waals surface area contributed by atoms with E-state index in [-0.39, 0.29) is 12.5 Å². The van der Waals surface area contributed by atoms with Crippen molar-refractivity contribution in [1.29, 1.82) is 0 Å². The maximum atomic E-state index is 12.5. The number of rotatable bonds is 6. The zero-order valence-corrected chi connectivity index (χ0v) is 16.3. The third-order valence-corrected chi connectivity index (χ3v) is 4.32. The lowest BCUT2D eigenvalue weighted by Crippen LogP contribution is -2.45. The maximum absolute atomic E-state index is 12.5. The summed E-state index contributed by atoms with van der Waals surface area (Å²) >= 11 is 6.06. The number of aryl methyl sites for hydroxylation is 2. The first-order valence-corrected chi connectivity index (χ1v) is 8.95. The minimum atomic E-state index is -0.746. The first-order valence-electron chi connectivity index (χ1n) is 8.57. The molecule has 0 fully saturated rings. The Balaban J connectivity index is 2.05. The summed E-state index contributed by atoms with van der Waals surface area (Å²) in [6.07, 6.45) is 0. The molecule has 138 valence electrons. The van der Waals surface area contributed by atoms with Crippen molar-refractivity contribution in [3.8, 4) is 0 Å². The number of benzene rings is 2. The van der Waals surface area contributed by atoms with Gasteiger partial charge >= 0.3 is 5.97 Å². The molecule has 4 nitrogen and oxygen atoms in total. The van der Waals surface area contributed by atoms with E-state index in [4.69, 9.17) is 16.3 Å². The molecule has 2 rings (SSSR count). The van der Waals surface area contributed by atoms with E-state index >= 15 is 0 Å². The number of nitrogens with one attached hydrogen (secondary N) is 1. The van der Waals surface area contributed by atoms with E-state index in [1.165, 1.54) is 0 Å². The Labute approximate surface area is 159 Å². The monoisotopic (exact) mass is 373 g/mol. The molecule has 0 aliphatic rings. The van der Waals surface area contributed by atoms with E-state index < -0.39 is 17.9 Å². The molecular weight excluding hydrogens is 350 g/mol. The fourth-order valence-corrected chi connectivity index (χ4v) is 2.98. The van der Waals surface area contributed by atoms with Crippen molar-refractivity contribution in [1.82, 2.24) is 5.32 Å². The van der Waals surface area contributed by atoms with Gasteiger partial charge in [-0.3, -0.25) is 4.79 Å². The van der Waals surface area contributed by atoms with Gasteiger partial charge in [-0.25, -0.2) is 4.79 Å². The minimum absolute atomic E-state index is 0.117. The molecule has 1 N–H and O–H groups in total. The highest BCUT2D eigenvalue weighted by Crippen LogP contribution is 2.16. The average Bonchev–Trinajstić information content (AvgIpc) is 2.56. The second-order valence-corrected chi connectivity index (χ2v) is 7.19. The molecule has 1 atom stereocenters. The van der Waals surface area contributed by atoms with Crippen LogP contribution in [0.25, 0.3) is 0 Å². The van der Waals surface area contributed by atoms with Crippen LogP contribution in [0.15, 0.2) is 42.5 Å². The predicted molar refractivity (Wildman–Crippen MR) is 103 cm³/mol. The van der Waals surface area contributed by atoms with Gasteiger partial charge in [0.05, 0.1) is 10.6 Å². The van der Waals surface area contributed by atoms with Crippen molar-refractivity contribution in [3.05, 3.63) is 69.7 Å². The highest BCUT2D eigenvalue weighted by Gasteiger charge is 2.26. The lowest BCUT2D eigenvalue weighted by molar-refractivity contribution is -0.148. The quantitative estimate of drug-likeness (QED) is 0.761. The Morgan fingerprint density at radius 2 is 1.69 bits per heavy atom. The van der Waals surface area contributed by atoms with Gasteiger partial charge in [0.1, 0.15) is 12.6 Å². The van der Waals surface area contributed by atoms with Gasteiger partial charge in [-0.2, -0.15) is 0 Å². The van der Waals surface area contributed by atoms with Crippen LogP contribution in [0.4, 0.5) is 0 Å². The van der Waals surface area contributed by atoms with Crippen LogP contribution in [0.3, 0.4) is 0 Å². The summed E-state index contributed by atoms with van der Waals surface area (Å²) in [4.78, 5) is 25.0. The molecule has 0 aliphatic carbocycles. The Morgan fingerprint density at radius 1 is 1.08 bits per heavy atom. The van der Waals surface area contributed by atoms with Crippen molar-refractivity contribution in [2.75, 3.05) is 0 Å². The molecule has 0 bridgehead atoms. The molecule has 0 spiro atoms. The molecule has 0 radical (unpaired) electrons. The predicted octanol–water partition coefficient (Wildman–Crippen LogP) is 4.45. The topological polar surface area (TPSA) is 55.4 Å². The van der Waals surface area contributed by atoms with Crippen LogP contribution < -0.4 is 5.32 Å². The molecule has 0 saturated carbocycles. The highest BCUT2D eigenvalue weighted by molar-refractivity contribution is 6.33. The van der Waals surface area contributed by atoms with E-state index in [9.17, 15) is 9.59 Å². The van der Waals surface area contributed by atoms with Crippen LogP contribution in [0.1, 0.15) is 40.9 Å². The van der Waals surface area contributed by atoms with Gasteiger partial charge in [0.2, 0.25) is 0 Å². The lowest BCUT2D eigenvalue weighted by atomic mass is 10.0. The Bertz CT molecular complexity index is 781. The number of esters is 1. The van der Waals surface area contributed by atoms with E-state index in [1.54, 1.807) is 24.3 Å². The average molecular weight is 374 g/mol. The summed E-state index contributed by atoms with van der Waals surface area (Å²) < 4.78 is 5.44. The van der Waals surface area contributed by atoms with E-state index in [0.717, 1.165) is 16.7 Å². The standard InChI is InChI=1S/C21H24ClNO3/c1-13(2)19(23-20(24)17-7-5-6-8-18(17)22)21(25)26-12-16-10-14(3)9-15(4)11-16/h5-11,13,19H,12H2,1-4H3,(H,23,24)/t19-/m0/s1. The van der Waals surface area contributed by atoms with Gasteiger partial charge in [0.15, 0.2) is 0 Å². The molecule has 0 saturated heterocycles. The number of carbonyl (C=O) groups is 2. The number of hydrogen-bond donors (Lipinski definition) is 1. The molecule has 0 aromatic heterocycles. The van der Waals surface area contributed by atoms with E-state index in [0.29, 0.717) is 10.6 Å². The molecule has 26 heavy (non-hydrogen) atoms. The fourth-order valence-electron chi connectivity index (χ4n) is 2.76. The summed E-state index contributed by atoms with van der Waals surface area (Å²) in [5.41, 5.74) is 3.49. The molecule has 1 amide bonds.